The number of ether oxygens (including phenoxy) is 1. The summed E-state index contributed by atoms with van der Waals surface area (Å²) in [4.78, 5) is 15.0. The molecule has 1 unspecified atom stereocenters. The predicted octanol–water partition coefficient (Wildman–Crippen LogP) is 1.14. The lowest BCUT2D eigenvalue weighted by molar-refractivity contribution is -0.139. The van der Waals surface area contributed by atoms with Crippen molar-refractivity contribution in [1.29, 1.82) is 0 Å². The molecule has 0 heterocycles. The molecule has 0 aromatic heterocycles. The van der Waals surface area contributed by atoms with E-state index in [0.717, 1.165) is 19.5 Å². The maximum Gasteiger partial charge on any atom is 0.317 e. The third kappa shape index (κ3) is 7.63. The van der Waals surface area contributed by atoms with E-state index in [4.69, 9.17) is 9.84 Å². The largest absolute Gasteiger partial charge is 0.480 e. The number of nitrogens with zero attached hydrogens (tertiary/aromatic N) is 2. The van der Waals surface area contributed by atoms with Gasteiger partial charge >= 0.3 is 5.97 Å². The molecule has 0 spiro atoms. The van der Waals surface area contributed by atoms with E-state index < -0.39 is 5.97 Å². The molecule has 18 heavy (non-hydrogen) atoms. The molecule has 0 saturated heterocycles. The molecule has 5 nitrogen and oxygen atoms in total. The van der Waals surface area contributed by atoms with Gasteiger partial charge in [0.1, 0.15) is 0 Å². The van der Waals surface area contributed by atoms with Crippen LogP contribution in [0.4, 0.5) is 0 Å². The molecule has 0 aromatic carbocycles. The van der Waals surface area contributed by atoms with Gasteiger partial charge in [-0.3, -0.25) is 9.69 Å². The normalized spacial score (nSPS) is 14.2. The monoisotopic (exact) mass is 260 g/mol. The van der Waals surface area contributed by atoms with Gasteiger partial charge in [-0.1, -0.05) is 0 Å². The van der Waals surface area contributed by atoms with E-state index >= 15 is 0 Å². The zero-order valence-corrected chi connectivity index (χ0v) is 12.6. The molecule has 0 aromatic rings. The number of aliphatic carboxylic acids is 1. The lowest BCUT2D eigenvalue weighted by Gasteiger charge is -2.34. The van der Waals surface area contributed by atoms with Crippen LogP contribution in [0.1, 0.15) is 27.2 Å². The van der Waals surface area contributed by atoms with Crippen LogP contribution in [0.15, 0.2) is 0 Å². The number of carbonyl (C=O) groups is 1. The first-order valence-electron chi connectivity index (χ1n) is 6.33. The maximum absolute atomic E-state index is 10.9. The minimum absolute atomic E-state index is 0.0782. The van der Waals surface area contributed by atoms with Crippen LogP contribution < -0.4 is 0 Å². The summed E-state index contributed by atoms with van der Waals surface area (Å²) in [5.74, 6) is -0.782. The van der Waals surface area contributed by atoms with Crippen LogP contribution in [0.5, 0.6) is 0 Å². The first kappa shape index (κ1) is 17.4. The zero-order valence-electron chi connectivity index (χ0n) is 12.6. The summed E-state index contributed by atoms with van der Waals surface area (Å²) in [5.41, 5.74) is -0.228. The molecule has 1 atom stereocenters. The van der Waals surface area contributed by atoms with Gasteiger partial charge in [-0.25, -0.2) is 0 Å². The Morgan fingerprint density at radius 1 is 1.33 bits per heavy atom. The van der Waals surface area contributed by atoms with E-state index in [1.807, 2.05) is 32.8 Å². The predicted molar refractivity (Wildman–Crippen MR) is 72.9 cm³/mol. The van der Waals surface area contributed by atoms with Crippen molar-refractivity contribution in [1.82, 2.24) is 9.80 Å². The number of carboxylic acid groups (broad SMARTS) is 1. The molecule has 108 valence electrons. The molecule has 0 aliphatic rings. The van der Waals surface area contributed by atoms with Crippen LogP contribution in [0.2, 0.25) is 0 Å². The molecule has 5 heteroatoms. The van der Waals surface area contributed by atoms with Crippen LogP contribution in [0, 0.1) is 0 Å². The Morgan fingerprint density at radius 2 is 1.89 bits per heavy atom. The Labute approximate surface area is 111 Å². The second-order valence-corrected chi connectivity index (χ2v) is 5.68. The SMILES string of the molecule is COC(C)(C)CC(C)N(CCN(C)C)CC(=O)O. The van der Waals surface area contributed by atoms with Crippen molar-refractivity contribution >= 4 is 5.97 Å². The van der Waals surface area contributed by atoms with E-state index in [-0.39, 0.29) is 18.2 Å². The van der Waals surface area contributed by atoms with Gasteiger partial charge < -0.3 is 14.7 Å². The molecule has 0 fully saturated rings. The van der Waals surface area contributed by atoms with Crippen LogP contribution >= 0.6 is 0 Å². The fourth-order valence-corrected chi connectivity index (χ4v) is 1.88. The number of hydrogen-bond donors (Lipinski definition) is 1. The molecule has 0 saturated carbocycles. The van der Waals surface area contributed by atoms with Crippen molar-refractivity contribution in [2.24, 2.45) is 0 Å². The van der Waals surface area contributed by atoms with Crippen LogP contribution in [-0.2, 0) is 9.53 Å². The standard InChI is InChI=1S/C13H28N2O3/c1-11(9-13(2,3)18-6)15(10-12(16)17)8-7-14(4)5/h11H,7-10H2,1-6H3,(H,16,17). The summed E-state index contributed by atoms with van der Waals surface area (Å²) in [6, 6.07) is 0.177. The Bertz CT molecular complexity index is 255. The quantitative estimate of drug-likeness (QED) is 0.674. The van der Waals surface area contributed by atoms with Crippen molar-refractivity contribution in [3.8, 4) is 0 Å². The fourth-order valence-electron chi connectivity index (χ4n) is 1.88. The second-order valence-electron chi connectivity index (χ2n) is 5.68. The van der Waals surface area contributed by atoms with Gasteiger partial charge in [0.25, 0.3) is 0 Å². The van der Waals surface area contributed by atoms with Crippen LogP contribution in [-0.4, -0.2) is 73.4 Å². The van der Waals surface area contributed by atoms with Gasteiger partial charge in [-0.05, 0) is 41.3 Å². The van der Waals surface area contributed by atoms with Gasteiger partial charge in [0.2, 0.25) is 0 Å². The van der Waals surface area contributed by atoms with Crippen LogP contribution in [0.25, 0.3) is 0 Å². The molecule has 0 radical (unpaired) electrons. The van der Waals surface area contributed by atoms with Gasteiger partial charge in [-0.2, -0.15) is 0 Å². The summed E-state index contributed by atoms with van der Waals surface area (Å²) in [6.07, 6.45) is 0.810. The highest BCUT2D eigenvalue weighted by Gasteiger charge is 2.25. The Hall–Kier alpha value is -0.650. The second kappa shape index (κ2) is 7.71. The summed E-state index contributed by atoms with van der Waals surface area (Å²) in [7, 11) is 5.67. The van der Waals surface area contributed by atoms with Crippen molar-refractivity contribution in [3.63, 3.8) is 0 Å². The molecular formula is C13H28N2O3. The zero-order chi connectivity index (χ0) is 14.3. The summed E-state index contributed by atoms with van der Waals surface area (Å²) in [5, 5.41) is 8.97. The third-order valence-electron chi connectivity index (χ3n) is 3.14. The minimum atomic E-state index is -0.782. The molecule has 0 bridgehead atoms. The maximum atomic E-state index is 10.9. The fraction of sp³-hybridized carbons (Fsp3) is 0.923. The summed E-state index contributed by atoms with van der Waals surface area (Å²) >= 11 is 0. The molecule has 0 aliphatic heterocycles. The molecule has 1 N–H and O–H groups in total. The first-order chi connectivity index (χ1) is 8.18. The van der Waals surface area contributed by atoms with Gasteiger partial charge in [0, 0.05) is 26.2 Å². The van der Waals surface area contributed by atoms with E-state index in [2.05, 4.69) is 11.8 Å². The first-order valence-corrected chi connectivity index (χ1v) is 6.33. The van der Waals surface area contributed by atoms with E-state index in [1.165, 1.54) is 0 Å². The summed E-state index contributed by atoms with van der Waals surface area (Å²) < 4.78 is 5.40. The molecule has 0 aliphatic carbocycles. The number of likely N-dealkylation sites (N-methyl/N-ethyl adjacent to an activating group) is 1. The molecule has 0 amide bonds. The van der Waals surface area contributed by atoms with Gasteiger partial charge in [0.15, 0.2) is 0 Å². The van der Waals surface area contributed by atoms with Crippen molar-refractivity contribution in [3.05, 3.63) is 0 Å². The highest BCUT2D eigenvalue weighted by molar-refractivity contribution is 5.69. The van der Waals surface area contributed by atoms with Crippen molar-refractivity contribution < 1.29 is 14.6 Å². The lowest BCUT2D eigenvalue weighted by atomic mass is 9.98. The Balaban J connectivity index is 4.48. The lowest BCUT2D eigenvalue weighted by Crippen LogP contribution is -2.44. The average Bonchev–Trinajstić information content (AvgIpc) is 2.22. The Kier molecular flexibility index (Phi) is 7.43. The van der Waals surface area contributed by atoms with Crippen LogP contribution in [0.3, 0.4) is 0 Å². The number of methoxy groups -OCH3 is 1. The number of hydrogen-bond acceptors (Lipinski definition) is 4. The van der Waals surface area contributed by atoms with E-state index in [1.54, 1.807) is 7.11 Å². The van der Waals surface area contributed by atoms with E-state index in [9.17, 15) is 4.79 Å². The van der Waals surface area contributed by atoms with E-state index in [0.29, 0.717) is 0 Å². The highest BCUT2D eigenvalue weighted by Crippen LogP contribution is 2.18. The molecular weight excluding hydrogens is 232 g/mol. The Morgan fingerprint density at radius 3 is 2.28 bits per heavy atom. The third-order valence-corrected chi connectivity index (χ3v) is 3.14. The topological polar surface area (TPSA) is 53.0 Å². The molecule has 0 rings (SSSR count). The average molecular weight is 260 g/mol. The summed E-state index contributed by atoms with van der Waals surface area (Å²) in [6.45, 7) is 7.78. The number of carboxylic acids is 1. The highest BCUT2D eigenvalue weighted by atomic mass is 16.5. The van der Waals surface area contributed by atoms with Crippen molar-refractivity contribution in [2.45, 2.75) is 38.8 Å². The number of rotatable bonds is 9. The van der Waals surface area contributed by atoms with Gasteiger partial charge in [-0.15, -0.1) is 0 Å². The smallest absolute Gasteiger partial charge is 0.317 e. The van der Waals surface area contributed by atoms with Gasteiger partial charge in [0.05, 0.1) is 12.1 Å². The minimum Gasteiger partial charge on any atom is -0.480 e. The van der Waals surface area contributed by atoms with Crippen molar-refractivity contribution in [2.75, 3.05) is 40.8 Å².